The highest BCUT2D eigenvalue weighted by atomic mass is 79.9. The van der Waals surface area contributed by atoms with E-state index in [1.165, 1.54) is 0 Å². The second kappa shape index (κ2) is 8.88. The van der Waals surface area contributed by atoms with Crippen LogP contribution in [0, 0.1) is 0 Å². The number of carbonyl (C=O) groups excluding carboxylic acids is 1. The van der Waals surface area contributed by atoms with Gasteiger partial charge < -0.3 is 9.47 Å². The Morgan fingerprint density at radius 1 is 1.29 bits per heavy atom. The molecule has 1 N–H and O–H groups in total. The molecule has 0 fully saturated rings. The number of amides is 1. The Bertz CT molecular complexity index is 742. The quantitative estimate of drug-likeness (QED) is 0.445. The predicted octanol–water partition coefficient (Wildman–Crippen LogP) is 3.79. The molecule has 0 spiro atoms. The maximum atomic E-state index is 12.3. The van der Waals surface area contributed by atoms with Crippen LogP contribution < -0.4 is 14.9 Å². The van der Waals surface area contributed by atoms with Gasteiger partial charge in [0, 0.05) is 4.47 Å². The largest absolute Gasteiger partial charge is 0.497 e. The van der Waals surface area contributed by atoms with Gasteiger partial charge in [-0.25, -0.2) is 5.43 Å². The summed E-state index contributed by atoms with van der Waals surface area (Å²) in [6.45, 7) is 3.91. The second-order valence-corrected chi connectivity index (χ2v) is 5.63. The van der Waals surface area contributed by atoms with Crippen molar-refractivity contribution in [2.75, 3.05) is 13.7 Å². The number of hydrazone groups is 1. The zero-order valence-electron chi connectivity index (χ0n) is 13.2. The number of halogens is 1. The topological polar surface area (TPSA) is 59.9 Å². The minimum atomic E-state index is -0.361. The average Bonchev–Trinajstić information content (AvgIpc) is 2.61. The highest BCUT2D eigenvalue weighted by Crippen LogP contribution is 2.23. The zero-order valence-corrected chi connectivity index (χ0v) is 14.7. The summed E-state index contributed by atoms with van der Waals surface area (Å²) in [5, 5.41) is 3.97. The van der Waals surface area contributed by atoms with Crippen LogP contribution in [-0.4, -0.2) is 25.8 Å². The smallest absolute Gasteiger partial charge is 0.275 e. The number of nitrogens with zero attached hydrogens (tertiary/aromatic N) is 1. The van der Waals surface area contributed by atoms with E-state index in [-0.39, 0.29) is 5.91 Å². The number of hydrogen-bond donors (Lipinski definition) is 1. The summed E-state index contributed by atoms with van der Waals surface area (Å²) >= 11 is 3.35. The molecule has 2 rings (SSSR count). The number of carbonyl (C=O) groups is 1. The van der Waals surface area contributed by atoms with Crippen LogP contribution in [-0.2, 0) is 0 Å². The van der Waals surface area contributed by atoms with Gasteiger partial charge in [0.1, 0.15) is 18.1 Å². The molecular formula is C18H17BrN2O3. The third-order valence-electron chi connectivity index (χ3n) is 3.04. The normalized spacial score (nSPS) is 10.4. The Balaban J connectivity index is 2.06. The van der Waals surface area contributed by atoms with E-state index in [4.69, 9.17) is 9.47 Å². The molecule has 0 radical (unpaired) electrons. The molecule has 0 atom stereocenters. The molecule has 6 heteroatoms. The van der Waals surface area contributed by atoms with Gasteiger partial charge in [-0.15, -0.1) is 0 Å². The molecule has 0 saturated heterocycles. The Hall–Kier alpha value is -2.60. The fourth-order valence-corrected chi connectivity index (χ4v) is 2.23. The average molecular weight is 389 g/mol. The third kappa shape index (κ3) is 4.96. The second-order valence-electron chi connectivity index (χ2n) is 4.71. The van der Waals surface area contributed by atoms with Gasteiger partial charge in [-0.1, -0.05) is 28.6 Å². The van der Waals surface area contributed by atoms with Crippen molar-refractivity contribution in [3.63, 3.8) is 0 Å². The maximum absolute atomic E-state index is 12.3. The molecule has 1 amide bonds. The first-order valence-corrected chi connectivity index (χ1v) is 7.94. The molecule has 0 heterocycles. The summed E-state index contributed by atoms with van der Waals surface area (Å²) < 4.78 is 11.3. The molecule has 0 aliphatic rings. The molecule has 24 heavy (non-hydrogen) atoms. The molecule has 0 saturated carbocycles. The Kier molecular flexibility index (Phi) is 6.57. The molecule has 0 aliphatic carbocycles. The van der Waals surface area contributed by atoms with E-state index in [0.29, 0.717) is 17.9 Å². The number of hydrogen-bond acceptors (Lipinski definition) is 4. The third-order valence-corrected chi connectivity index (χ3v) is 3.53. The first-order valence-electron chi connectivity index (χ1n) is 7.14. The summed E-state index contributed by atoms with van der Waals surface area (Å²) in [7, 11) is 1.60. The van der Waals surface area contributed by atoms with E-state index in [2.05, 4.69) is 33.0 Å². The van der Waals surface area contributed by atoms with E-state index in [1.807, 2.05) is 24.3 Å². The van der Waals surface area contributed by atoms with Crippen LogP contribution in [0.2, 0.25) is 0 Å². The van der Waals surface area contributed by atoms with Crippen LogP contribution in [0.15, 0.2) is 64.7 Å². The minimum Gasteiger partial charge on any atom is -0.497 e. The van der Waals surface area contributed by atoms with Crippen molar-refractivity contribution in [2.45, 2.75) is 0 Å². The SMILES string of the molecule is C=CCOc1ccc(Br)cc1C(=O)N/N=C\c1ccc(OC)cc1. The molecule has 2 aromatic carbocycles. The Morgan fingerprint density at radius 3 is 2.71 bits per heavy atom. The van der Waals surface area contributed by atoms with E-state index >= 15 is 0 Å². The molecule has 124 valence electrons. The lowest BCUT2D eigenvalue weighted by Gasteiger charge is -2.09. The monoisotopic (exact) mass is 388 g/mol. The van der Waals surface area contributed by atoms with Crippen molar-refractivity contribution in [3.8, 4) is 11.5 Å². The van der Waals surface area contributed by atoms with Gasteiger partial charge in [0.05, 0.1) is 18.9 Å². The summed E-state index contributed by atoms with van der Waals surface area (Å²) in [6.07, 6.45) is 3.17. The van der Waals surface area contributed by atoms with Gasteiger partial charge in [-0.2, -0.15) is 5.10 Å². The van der Waals surface area contributed by atoms with E-state index < -0.39 is 0 Å². The van der Waals surface area contributed by atoms with Gasteiger partial charge >= 0.3 is 0 Å². The number of rotatable bonds is 7. The number of nitrogens with one attached hydrogen (secondary N) is 1. The van der Waals surface area contributed by atoms with Gasteiger partial charge in [-0.05, 0) is 48.0 Å². The molecule has 0 aliphatic heterocycles. The van der Waals surface area contributed by atoms with Crippen LogP contribution in [0.25, 0.3) is 0 Å². The lowest BCUT2D eigenvalue weighted by molar-refractivity contribution is 0.0951. The highest BCUT2D eigenvalue weighted by Gasteiger charge is 2.12. The first-order chi connectivity index (χ1) is 11.6. The van der Waals surface area contributed by atoms with Crippen molar-refractivity contribution in [3.05, 3.63) is 70.7 Å². The molecule has 2 aromatic rings. The van der Waals surface area contributed by atoms with E-state index in [1.54, 1.807) is 37.6 Å². The van der Waals surface area contributed by atoms with Crippen molar-refractivity contribution in [1.82, 2.24) is 5.43 Å². The minimum absolute atomic E-state index is 0.316. The lowest BCUT2D eigenvalue weighted by atomic mass is 10.2. The number of benzene rings is 2. The summed E-state index contributed by atoms with van der Waals surface area (Å²) in [6, 6.07) is 12.5. The Morgan fingerprint density at radius 2 is 2.04 bits per heavy atom. The van der Waals surface area contributed by atoms with Gasteiger partial charge in [0.15, 0.2) is 0 Å². The van der Waals surface area contributed by atoms with Crippen LogP contribution in [0.1, 0.15) is 15.9 Å². The lowest BCUT2D eigenvalue weighted by Crippen LogP contribution is -2.18. The Labute approximate surface area is 149 Å². The van der Waals surface area contributed by atoms with Crippen LogP contribution in [0.5, 0.6) is 11.5 Å². The van der Waals surface area contributed by atoms with Crippen molar-refractivity contribution in [2.24, 2.45) is 5.10 Å². The fraction of sp³-hybridized carbons (Fsp3) is 0.111. The zero-order chi connectivity index (χ0) is 17.4. The van der Waals surface area contributed by atoms with Crippen LogP contribution in [0.3, 0.4) is 0 Å². The molecular weight excluding hydrogens is 372 g/mol. The molecule has 0 unspecified atom stereocenters. The highest BCUT2D eigenvalue weighted by molar-refractivity contribution is 9.10. The standard InChI is InChI=1S/C18H17BrN2O3/c1-3-10-24-17-9-6-14(19)11-16(17)18(22)21-20-12-13-4-7-15(23-2)8-5-13/h3-9,11-12H,1,10H2,2H3,(H,21,22)/b20-12-. The van der Waals surface area contributed by atoms with Gasteiger partial charge in [0.2, 0.25) is 0 Å². The number of ether oxygens (including phenoxy) is 2. The van der Waals surface area contributed by atoms with Crippen LogP contribution in [0.4, 0.5) is 0 Å². The van der Waals surface area contributed by atoms with Gasteiger partial charge in [0.25, 0.3) is 5.91 Å². The van der Waals surface area contributed by atoms with Crippen molar-refractivity contribution in [1.29, 1.82) is 0 Å². The molecule has 0 bridgehead atoms. The van der Waals surface area contributed by atoms with Crippen molar-refractivity contribution >= 4 is 28.1 Å². The van der Waals surface area contributed by atoms with Crippen LogP contribution >= 0.6 is 15.9 Å². The summed E-state index contributed by atoms with van der Waals surface area (Å²) in [4.78, 5) is 12.3. The number of methoxy groups -OCH3 is 1. The van der Waals surface area contributed by atoms with Crippen molar-refractivity contribution < 1.29 is 14.3 Å². The molecule has 0 aromatic heterocycles. The fourth-order valence-electron chi connectivity index (χ4n) is 1.87. The molecule has 5 nitrogen and oxygen atoms in total. The van der Waals surface area contributed by atoms with E-state index in [9.17, 15) is 4.79 Å². The first kappa shape index (κ1) is 17.7. The maximum Gasteiger partial charge on any atom is 0.275 e. The summed E-state index contributed by atoms with van der Waals surface area (Å²) in [5.41, 5.74) is 3.72. The van der Waals surface area contributed by atoms with Gasteiger partial charge in [-0.3, -0.25) is 4.79 Å². The predicted molar refractivity (Wildman–Crippen MR) is 97.9 cm³/mol. The van der Waals surface area contributed by atoms with E-state index in [0.717, 1.165) is 15.8 Å². The summed E-state index contributed by atoms with van der Waals surface area (Å²) in [5.74, 6) is 0.865.